The first-order chi connectivity index (χ1) is 7.90. The molecule has 0 radical (unpaired) electrons. The molecule has 0 saturated heterocycles. The number of hydrogen-bond donors (Lipinski definition) is 0. The monoisotopic (exact) mass is 235 g/mol. The number of rotatable bonds is 6. The summed E-state index contributed by atoms with van der Waals surface area (Å²) in [6, 6.07) is 4.31. The van der Waals surface area contributed by atoms with E-state index in [0.29, 0.717) is 0 Å². The van der Waals surface area contributed by atoms with E-state index in [4.69, 9.17) is 0 Å². The van der Waals surface area contributed by atoms with Crippen LogP contribution in [0.25, 0.3) is 0 Å². The summed E-state index contributed by atoms with van der Waals surface area (Å²) in [6.07, 6.45) is 6.30. The van der Waals surface area contributed by atoms with Gasteiger partial charge in [-0.15, -0.1) is 21.5 Å². The van der Waals surface area contributed by atoms with Gasteiger partial charge < -0.3 is 4.57 Å². The van der Waals surface area contributed by atoms with Crippen molar-refractivity contribution in [3.63, 3.8) is 0 Å². The summed E-state index contributed by atoms with van der Waals surface area (Å²) in [6.45, 7) is 3.21. The summed E-state index contributed by atoms with van der Waals surface area (Å²) in [5, 5.41) is 10.3. The summed E-state index contributed by atoms with van der Waals surface area (Å²) in [5.74, 6) is 1.12. The van der Waals surface area contributed by atoms with Gasteiger partial charge in [-0.3, -0.25) is 0 Å². The average molecular weight is 235 g/mol. The van der Waals surface area contributed by atoms with E-state index in [1.807, 2.05) is 17.7 Å². The van der Waals surface area contributed by atoms with Crippen molar-refractivity contribution in [2.45, 2.75) is 39.2 Å². The van der Waals surface area contributed by atoms with Crippen LogP contribution in [-0.4, -0.2) is 14.8 Å². The second kappa shape index (κ2) is 5.80. The van der Waals surface area contributed by atoms with E-state index in [1.165, 1.54) is 4.88 Å². The first-order valence-electron chi connectivity index (χ1n) is 5.79. The van der Waals surface area contributed by atoms with Crippen molar-refractivity contribution in [3.05, 3.63) is 34.5 Å². The van der Waals surface area contributed by atoms with Crippen LogP contribution in [0.2, 0.25) is 0 Å². The number of hydrogen-bond acceptors (Lipinski definition) is 3. The van der Waals surface area contributed by atoms with Crippen LogP contribution in [0.3, 0.4) is 0 Å². The maximum Gasteiger partial charge on any atom is 0.132 e. The minimum atomic E-state index is 1.03. The lowest BCUT2D eigenvalue weighted by atomic mass is 10.2. The molecule has 0 amide bonds. The van der Waals surface area contributed by atoms with Gasteiger partial charge in [0, 0.05) is 17.8 Å². The molecule has 16 heavy (non-hydrogen) atoms. The third-order valence-electron chi connectivity index (χ3n) is 2.56. The van der Waals surface area contributed by atoms with Gasteiger partial charge in [0.2, 0.25) is 0 Å². The molecular weight excluding hydrogens is 218 g/mol. The Labute approximate surface area is 100 Å². The fourth-order valence-electron chi connectivity index (χ4n) is 1.78. The molecule has 0 aliphatic rings. The molecule has 0 atom stereocenters. The average Bonchev–Trinajstić information content (AvgIpc) is 2.91. The van der Waals surface area contributed by atoms with E-state index in [2.05, 4.69) is 39.2 Å². The van der Waals surface area contributed by atoms with Crippen LogP contribution in [0, 0.1) is 0 Å². The quantitative estimate of drug-likeness (QED) is 0.770. The Bertz CT molecular complexity index is 406. The SMILES string of the molecule is CCCn1cnnc1CCCc1cccs1. The molecule has 2 heterocycles. The molecule has 3 nitrogen and oxygen atoms in total. The molecule has 86 valence electrons. The van der Waals surface area contributed by atoms with Gasteiger partial charge in [0.25, 0.3) is 0 Å². The molecule has 0 N–H and O–H groups in total. The molecule has 2 aromatic rings. The molecule has 0 spiro atoms. The maximum atomic E-state index is 4.17. The molecule has 0 aromatic carbocycles. The fourth-order valence-corrected chi connectivity index (χ4v) is 2.53. The second-order valence-corrected chi connectivity index (χ2v) is 4.91. The zero-order chi connectivity index (χ0) is 11.2. The van der Waals surface area contributed by atoms with Crippen LogP contribution in [0.1, 0.15) is 30.5 Å². The first kappa shape index (κ1) is 11.3. The van der Waals surface area contributed by atoms with Crippen molar-refractivity contribution in [1.29, 1.82) is 0 Å². The molecular formula is C12H17N3S. The van der Waals surface area contributed by atoms with Crippen molar-refractivity contribution in [1.82, 2.24) is 14.8 Å². The highest BCUT2D eigenvalue weighted by atomic mass is 32.1. The third kappa shape index (κ3) is 2.92. The van der Waals surface area contributed by atoms with Crippen molar-refractivity contribution < 1.29 is 0 Å². The van der Waals surface area contributed by atoms with Crippen LogP contribution in [0.15, 0.2) is 23.8 Å². The largest absolute Gasteiger partial charge is 0.318 e. The molecule has 2 rings (SSSR count). The lowest BCUT2D eigenvalue weighted by Gasteiger charge is -2.03. The predicted molar refractivity (Wildman–Crippen MR) is 66.7 cm³/mol. The Hall–Kier alpha value is -1.16. The van der Waals surface area contributed by atoms with Crippen LogP contribution in [0.4, 0.5) is 0 Å². The van der Waals surface area contributed by atoms with Gasteiger partial charge in [0.1, 0.15) is 12.2 Å². The van der Waals surface area contributed by atoms with Gasteiger partial charge in [-0.2, -0.15) is 0 Å². The number of aryl methyl sites for hydroxylation is 3. The highest BCUT2D eigenvalue weighted by Crippen LogP contribution is 2.12. The van der Waals surface area contributed by atoms with E-state index in [-0.39, 0.29) is 0 Å². The highest BCUT2D eigenvalue weighted by Gasteiger charge is 2.03. The van der Waals surface area contributed by atoms with Gasteiger partial charge in [0.15, 0.2) is 0 Å². The van der Waals surface area contributed by atoms with E-state index < -0.39 is 0 Å². The Morgan fingerprint density at radius 2 is 2.31 bits per heavy atom. The van der Waals surface area contributed by atoms with E-state index in [9.17, 15) is 0 Å². The van der Waals surface area contributed by atoms with Crippen LogP contribution < -0.4 is 0 Å². The van der Waals surface area contributed by atoms with Crippen molar-refractivity contribution in [3.8, 4) is 0 Å². The topological polar surface area (TPSA) is 30.7 Å². The molecule has 2 aromatic heterocycles. The van der Waals surface area contributed by atoms with Gasteiger partial charge >= 0.3 is 0 Å². The van der Waals surface area contributed by atoms with Crippen LogP contribution >= 0.6 is 11.3 Å². The van der Waals surface area contributed by atoms with Gasteiger partial charge in [-0.1, -0.05) is 13.0 Å². The van der Waals surface area contributed by atoms with Gasteiger partial charge in [-0.25, -0.2) is 0 Å². The Morgan fingerprint density at radius 3 is 3.06 bits per heavy atom. The lowest BCUT2D eigenvalue weighted by molar-refractivity contribution is 0.623. The minimum Gasteiger partial charge on any atom is -0.318 e. The maximum absolute atomic E-state index is 4.17. The summed E-state index contributed by atoms with van der Waals surface area (Å²) >= 11 is 1.83. The summed E-state index contributed by atoms with van der Waals surface area (Å²) < 4.78 is 2.16. The van der Waals surface area contributed by atoms with Crippen LogP contribution in [-0.2, 0) is 19.4 Å². The number of nitrogens with zero attached hydrogens (tertiary/aromatic N) is 3. The van der Waals surface area contributed by atoms with Gasteiger partial charge in [0.05, 0.1) is 0 Å². The van der Waals surface area contributed by atoms with Crippen LogP contribution in [0.5, 0.6) is 0 Å². The highest BCUT2D eigenvalue weighted by molar-refractivity contribution is 7.09. The fraction of sp³-hybridized carbons (Fsp3) is 0.500. The number of thiophene rings is 1. The number of aromatic nitrogens is 3. The zero-order valence-corrected chi connectivity index (χ0v) is 10.4. The summed E-state index contributed by atoms with van der Waals surface area (Å²) in [7, 11) is 0. The lowest BCUT2D eigenvalue weighted by Crippen LogP contribution is -2.03. The Kier molecular flexibility index (Phi) is 4.10. The molecule has 0 fully saturated rings. The zero-order valence-electron chi connectivity index (χ0n) is 9.59. The third-order valence-corrected chi connectivity index (χ3v) is 3.50. The molecule has 0 bridgehead atoms. The Balaban J connectivity index is 1.82. The second-order valence-electron chi connectivity index (χ2n) is 3.87. The summed E-state index contributed by atoms with van der Waals surface area (Å²) in [4.78, 5) is 1.46. The molecule has 4 heteroatoms. The first-order valence-corrected chi connectivity index (χ1v) is 6.67. The summed E-state index contributed by atoms with van der Waals surface area (Å²) in [5.41, 5.74) is 0. The molecule has 0 aliphatic heterocycles. The van der Waals surface area contributed by atoms with Crippen molar-refractivity contribution in [2.24, 2.45) is 0 Å². The van der Waals surface area contributed by atoms with Crippen molar-refractivity contribution >= 4 is 11.3 Å². The molecule has 0 aliphatic carbocycles. The molecule has 0 unspecified atom stereocenters. The smallest absolute Gasteiger partial charge is 0.132 e. The van der Waals surface area contributed by atoms with E-state index in [1.54, 1.807) is 0 Å². The normalized spacial score (nSPS) is 10.8. The molecule has 0 saturated carbocycles. The van der Waals surface area contributed by atoms with E-state index in [0.717, 1.165) is 38.1 Å². The standard InChI is InChI=1S/C12H17N3S/c1-2-8-15-10-13-14-12(15)7-3-5-11-6-4-9-16-11/h4,6,9-10H,2-3,5,7-8H2,1H3. The van der Waals surface area contributed by atoms with Gasteiger partial charge in [-0.05, 0) is 30.7 Å². The minimum absolute atomic E-state index is 1.03. The predicted octanol–water partition coefficient (Wildman–Crippen LogP) is 2.92. The van der Waals surface area contributed by atoms with E-state index >= 15 is 0 Å². The Morgan fingerprint density at radius 1 is 1.38 bits per heavy atom. The van der Waals surface area contributed by atoms with Crippen molar-refractivity contribution in [2.75, 3.05) is 0 Å².